The van der Waals surface area contributed by atoms with E-state index in [1.807, 2.05) is 38.1 Å². The van der Waals surface area contributed by atoms with Gasteiger partial charge in [0.25, 0.3) is 5.78 Å². The van der Waals surface area contributed by atoms with Gasteiger partial charge in [0.15, 0.2) is 11.5 Å². The second kappa shape index (κ2) is 7.19. The Balaban J connectivity index is 1.45. The zero-order valence-electron chi connectivity index (χ0n) is 15.1. The lowest BCUT2D eigenvalue weighted by Gasteiger charge is -2.33. The maximum Gasteiger partial charge on any atom is 0.254 e. The summed E-state index contributed by atoms with van der Waals surface area (Å²) in [7, 11) is 0. The van der Waals surface area contributed by atoms with Gasteiger partial charge in [0.05, 0.1) is 6.61 Å². The average Bonchev–Trinajstić information content (AvgIpc) is 3.12. The Morgan fingerprint density at radius 1 is 1.15 bits per heavy atom. The Morgan fingerprint density at radius 3 is 2.69 bits per heavy atom. The summed E-state index contributed by atoms with van der Waals surface area (Å²) >= 11 is 0. The fourth-order valence-corrected chi connectivity index (χ4v) is 3.34. The molecule has 0 bridgehead atoms. The highest BCUT2D eigenvalue weighted by Gasteiger charge is 2.24. The molecule has 0 amide bonds. The number of fused-ring (bicyclic) bond motifs is 1. The van der Waals surface area contributed by atoms with Crippen LogP contribution in [0.1, 0.15) is 25.5 Å². The zero-order chi connectivity index (χ0) is 17.9. The minimum Gasteiger partial charge on any atom is -0.490 e. The molecule has 1 aromatic carbocycles. The number of hydrogen-bond acceptors (Lipinski definition) is 6. The summed E-state index contributed by atoms with van der Waals surface area (Å²) < 4.78 is 13.7. The van der Waals surface area contributed by atoms with Gasteiger partial charge in [-0.2, -0.15) is 14.6 Å². The molecule has 0 atom stereocenters. The molecular weight excluding hydrogens is 330 g/mol. The van der Waals surface area contributed by atoms with E-state index in [2.05, 4.69) is 26.0 Å². The number of para-hydroxylation sites is 2. The molecule has 26 heavy (non-hydrogen) atoms. The molecule has 0 N–H and O–H groups in total. The molecule has 1 fully saturated rings. The highest BCUT2D eigenvalue weighted by Crippen LogP contribution is 2.30. The highest BCUT2D eigenvalue weighted by atomic mass is 16.5. The Bertz CT molecular complexity index is 887. The van der Waals surface area contributed by atoms with Gasteiger partial charge in [-0.1, -0.05) is 12.1 Å². The minimum absolute atomic E-state index is 0.182. The van der Waals surface area contributed by atoms with Gasteiger partial charge in [-0.25, -0.2) is 4.98 Å². The number of benzene rings is 1. The molecule has 0 saturated carbocycles. The van der Waals surface area contributed by atoms with Crippen molar-refractivity contribution < 1.29 is 9.47 Å². The van der Waals surface area contributed by atoms with Gasteiger partial charge in [-0.3, -0.25) is 0 Å². The maximum absolute atomic E-state index is 6.22. The largest absolute Gasteiger partial charge is 0.490 e. The van der Waals surface area contributed by atoms with Crippen molar-refractivity contribution in [1.82, 2.24) is 19.6 Å². The van der Waals surface area contributed by atoms with Gasteiger partial charge in [-0.15, -0.1) is 0 Å². The van der Waals surface area contributed by atoms with Gasteiger partial charge in [-0.05, 0) is 26.0 Å². The number of aromatic nitrogens is 4. The number of hydrogen-bond donors (Lipinski definition) is 0. The molecule has 4 rings (SSSR count). The fourth-order valence-electron chi connectivity index (χ4n) is 3.34. The van der Waals surface area contributed by atoms with E-state index in [1.165, 1.54) is 0 Å². The quantitative estimate of drug-likeness (QED) is 0.703. The summed E-state index contributed by atoms with van der Waals surface area (Å²) in [5, 5.41) is 4.31. The highest BCUT2D eigenvalue weighted by molar-refractivity contribution is 5.47. The number of nitrogens with zero attached hydrogens (tertiary/aromatic N) is 5. The Kier molecular flexibility index (Phi) is 4.60. The summed E-state index contributed by atoms with van der Waals surface area (Å²) in [4.78, 5) is 10.9. The molecule has 0 spiro atoms. The van der Waals surface area contributed by atoms with Gasteiger partial charge < -0.3 is 14.4 Å². The molecule has 3 aromatic rings. The maximum atomic E-state index is 6.22. The smallest absolute Gasteiger partial charge is 0.254 e. The summed E-state index contributed by atoms with van der Waals surface area (Å²) in [6, 6.07) is 9.94. The third kappa shape index (κ3) is 3.29. The van der Waals surface area contributed by atoms with Crippen LogP contribution in [-0.4, -0.2) is 45.4 Å². The molecule has 1 aliphatic rings. The molecular formula is C19H23N5O2. The van der Waals surface area contributed by atoms with E-state index in [0.29, 0.717) is 12.4 Å². The lowest BCUT2D eigenvalue weighted by atomic mass is 10.1. The number of piperidine rings is 1. The Morgan fingerprint density at radius 2 is 1.92 bits per heavy atom. The molecule has 3 heterocycles. The summed E-state index contributed by atoms with van der Waals surface area (Å²) in [6.07, 6.45) is 3.61. The van der Waals surface area contributed by atoms with Crippen molar-refractivity contribution in [2.75, 3.05) is 24.6 Å². The van der Waals surface area contributed by atoms with Gasteiger partial charge in [0, 0.05) is 37.7 Å². The molecule has 1 aliphatic heterocycles. The van der Waals surface area contributed by atoms with E-state index in [1.54, 1.807) is 10.8 Å². The topological polar surface area (TPSA) is 64.8 Å². The third-order valence-electron chi connectivity index (χ3n) is 4.57. The first-order chi connectivity index (χ1) is 12.7. The van der Waals surface area contributed by atoms with Crippen LogP contribution in [0.15, 0.2) is 36.7 Å². The Hall–Kier alpha value is -2.83. The molecule has 0 aliphatic carbocycles. The third-order valence-corrected chi connectivity index (χ3v) is 4.57. The van der Waals surface area contributed by atoms with E-state index in [0.717, 1.165) is 48.9 Å². The van der Waals surface area contributed by atoms with Crippen molar-refractivity contribution in [1.29, 1.82) is 0 Å². The van der Waals surface area contributed by atoms with E-state index in [9.17, 15) is 0 Å². The SMILES string of the molecule is CCOc1ccccc1OC1CCN(c2cc(C)nc3ncnn23)CC1. The van der Waals surface area contributed by atoms with Crippen LogP contribution in [0.2, 0.25) is 0 Å². The van der Waals surface area contributed by atoms with Crippen LogP contribution in [0.4, 0.5) is 5.82 Å². The summed E-state index contributed by atoms with van der Waals surface area (Å²) in [6.45, 7) is 6.41. The van der Waals surface area contributed by atoms with E-state index in [4.69, 9.17) is 9.47 Å². The monoisotopic (exact) mass is 353 g/mol. The standard InChI is InChI=1S/C19H23N5O2/c1-3-25-16-6-4-5-7-17(16)26-15-8-10-23(11-9-15)18-12-14(2)22-19-20-13-21-24(18)19/h4-7,12-13,15H,3,8-11H2,1-2H3. The van der Waals surface area contributed by atoms with Gasteiger partial charge in [0.1, 0.15) is 18.2 Å². The fraction of sp³-hybridized carbons (Fsp3) is 0.421. The molecule has 136 valence electrons. The molecule has 0 radical (unpaired) electrons. The first kappa shape index (κ1) is 16.6. The average molecular weight is 353 g/mol. The lowest BCUT2D eigenvalue weighted by Crippen LogP contribution is -2.39. The van der Waals surface area contributed by atoms with Crippen molar-refractivity contribution >= 4 is 11.6 Å². The summed E-state index contributed by atoms with van der Waals surface area (Å²) in [5.74, 6) is 3.32. The number of rotatable bonds is 5. The molecule has 7 heteroatoms. The first-order valence-corrected chi connectivity index (χ1v) is 9.05. The normalized spacial score (nSPS) is 15.4. The van der Waals surface area contributed by atoms with E-state index >= 15 is 0 Å². The van der Waals surface area contributed by atoms with Crippen LogP contribution in [-0.2, 0) is 0 Å². The second-order valence-corrected chi connectivity index (χ2v) is 6.41. The molecule has 1 saturated heterocycles. The van der Waals surface area contributed by atoms with Crippen molar-refractivity contribution in [3.05, 3.63) is 42.4 Å². The zero-order valence-corrected chi connectivity index (χ0v) is 15.1. The number of aryl methyl sites for hydroxylation is 1. The predicted octanol–water partition coefficient (Wildman–Crippen LogP) is 2.88. The van der Waals surface area contributed by atoms with Crippen molar-refractivity contribution in [3.8, 4) is 11.5 Å². The van der Waals surface area contributed by atoms with Gasteiger partial charge >= 0.3 is 0 Å². The van der Waals surface area contributed by atoms with Crippen LogP contribution in [0, 0.1) is 6.92 Å². The molecule has 2 aromatic heterocycles. The van der Waals surface area contributed by atoms with Crippen molar-refractivity contribution in [2.45, 2.75) is 32.8 Å². The first-order valence-electron chi connectivity index (χ1n) is 9.05. The predicted molar refractivity (Wildman–Crippen MR) is 99.0 cm³/mol. The van der Waals surface area contributed by atoms with Crippen LogP contribution in [0.25, 0.3) is 5.78 Å². The van der Waals surface area contributed by atoms with E-state index in [-0.39, 0.29) is 6.10 Å². The number of anilines is 1. The molecule has 7 nitrogen and oxygen atoms in total. The molecule has 0 unspecified atom stereocenters. The second-order valence-electron chi connectivity index (χ2n) is 6.41. The minimum atomic E-state index is 0.182. The van der Waals surface area contributed by atoms with Crippen LogP contribution >= 0.6 is 0 Å². The Labute approximate surface area is 152 Å². The van der Waals surface area contributed by atoms with Crippen molar-refractivity contribution in [2.24, 2.45) is 0 Å². The van der Waals surface area contributed by atoms with Crippen LogP contribution in [0.5, 0.6) is 11.5 Å². The van der Waals surface area contributed by atoms with Gasteiger partial charge in [0.2, 0.25) is 0 Å². The van der Waals surface area contributed by atoms with Crippen LogP contribution in [0.3, 0.4) is 0 Å². The lowest BCUT2D eigenvalue weighted by molar-refractivity contribution is 0.162. The van der Waals surface area contributed by atoms with Crippen molar-refractivity contribution in [3.63, 3.8) is 0 Å². The number of ether oxygens (including phenoxy) is 2. The summed E-state index contributed by atoms with van der Waals surface area (Å²) in [5.41, 5.74) is 0.949. The van der Waals surface area contributed by atoms with Crippen LogP contribution < -0.4 is 14.4 Å². The van der Waals surface area contributed by atoms with E-state index < -0.39 is 0 Å².